The van der Waals surface area contributed by atoms with E-state index in [4.69, 9.17) is 4.74 Å². The lowest BCUT2D eigenvalue weighted by Gasteiger charge is -2.27. The molecule has 7 heteroatoms. The Kier molecular flexibility index (Phi) is 6.11. The minimum Gasteiger partial charge on any atom is -0.496 e. The van der Waals surface area contributed by atoms with Crippen LogP contribution in [0.3, 0.4) is 0 Å². The van der Waals surface area contributed by atoms with Gasteiger partial charge in [-0.1, -0.05) is 0 Å². The van der Waals surface area contributed by atoms with E-state index in [2.05, 4.69) is 21.7 Å². The zero-order valence-electron chi connectivity index (χ0n) is 16.0. The Morgan fingerprint density at radius 2 is 2.15 bits per heavy atom. The monoisotopic (exact) mass is 387 g/mol. The molecule has 27 heavy (non-hydrogen) atoms. The van der Waals surface area contributed by atoms with E-state index in [9.17, 15) is 9.59 Å². The minimum atomic E-state index is -0.141. The number of carbonyl (C=O) groups excluding carboxylic acids is 2. The largest absolute Gasteiger partial charge is 0.496 e. The fraction of sp³-hybridized carbons (Fsp3) is 0.450. The Morgan fingerprint density at radius 3 is 2.93 bits per heavy atom. The summed E-state index contributed by atoms with van der Waals surface area (Å²) in [6.45, 7) is 5.59. The average Bonchev–Trinajstić information content (AvgIpc) is 3.13. The number of nitrogens with one attached hydrogen (secondary N) is 1. The molecule has 144 valence electrons. The second kappa shape index (κ2) is 8.52. The second-order valence-corrected chi connectivity index (χ2v) is 7.76. The van der Waals surface area contributed by atoms with Crippen molar-refractivity contribution in [2.24, 2.45) is 0 Å². The summed E-state index contributed by atoms with van der Waals surface area (Å²) in [4.78, 5) is 32.1. The first kappa shape index (κ1) is 19.4. The Balaban J connectivity index is 1.47. The van der Waals surface area contributed by atoms with Crippen molar-refractivity contribution in [1.29, 1.82) is 0 Å². The van der Waals surface area contributed by atoms with Crippen molar-refractivity contribution >= 4 is 23.2 Å². The molecule has 0 aromatic carbocycles. The predicted molar refractivity (Wildman–Crippen MR) is 105 cm³/mol. The highest BCUT2D eigenvalue weighted by Gasteiger charge is 2.21. The molecule has 1 N–H and O–H groups in total. The molecule has 0 atom stereocenters. The number of hydrogen-bond acceptors (Lipinski definition) is 5. The van der Waals surface area contributed by atoms with Gasteiger partial charge in [0.05, 0.1) is 19.3 Å². The fourth-order valence-corrected chi connectivity index (χ4v) is 4.25. The number of methoxy groups -OCH3 is 1. The molecule has 0 unspecified atom stereocenters. The number of aromatic nitrogens is 1. The van der Waals surface area contributed by atoms with Gasteiger partial charge >= 0.3 is 0 Å². The molecule has 0 fully saturated rings. The maximum atomic E-state index is 12.4. The standard InChI is InChI=1S/C20H25N3O3S/c1-13-10-21-16(14(2)20(13)26-3)11-22-18(24)4-5-19(25)23-8-6-17-15(12-23)7-9-27-17/h7,9-10H,4-6,8,11-12H2,1-3H3,(H,22,24). The Hall–Kier alpha value is -2.41. The van der Waals surface area contributed by atoms with Gasteiger partial charge in [-0.05, 0) is 37.3 Å². The van der Waals surface area contributed by atoms with Crippen LogP contribution in [0.2, 0.25) is 0 Å². The third-order valence-corrected chi connectivity index (χ3v) is 5.95. The van der Waals surface area contributed by atoms with E-state index in [0.717, 1.165) is 35.5 Å². The van der Waals surface area contributed by atoms with Crippen molar-refractivity contribution in [3.05, 3.63) is 44.9 Å². The van der Waals surface area contributed by atoms with Crippen molar-refractivity contribution in [2.75, 3.05) is 13.7 Å². The summed E-state index contributed by atoms with van der Waals surface area (Å²) in [7, 11) is 1.63. The molecular weight excluding hydrogens is 362 g/mol. The van der Waals surface area contributed by atoms with E-state index >= 15 is 0 Å². The lowest BCUT2D eigenvalue weighted by atomic mass is 10.1. The van der Waals surface area contributed by atoms with E-state index in [-0.39, 0.29) is 24.7 Å². The molecule has 2 aromatic heterocycles. The lowest BCUT2D eigenvalue weighted by molar-refractivity contribution is -0.134. The van der Waals surface area contributed by atoms with Crippen LogP contribution in [-0.2, 0) is 29.1 Å². The summed E-state index contributed by atoms with van der Waals surface area (Å²) in [6, 6.07) is 2.08. The molecule has 2 amide bonds. The highest BCUT2D eigenvalue weighted by molar-refractivity contribution is 7.10. The van der Waals surface area contributed by atoms with E-state index in [1.165, 1.54) is 10.4 Å². The van der Waals surface area contributed by atoms with E-state index in [0.29, 0.717) is 13.1 Å². The number of thiophene rings is 1. The SMILES string of the molecule is COc1c(C)cnc(CNC(=O)CCC(=O)N2CCc3sccc3C2)c1C. The van der Waals surface area contributed by atoms with Gasteiger partial charge < -0.3 is 15.0 Å². The molecule has 2 aromatic rings. The number of carbonyl (C=O) groups is 2. The first-order valence-corrected chi connectivity index (χ1v) is 9.96. The molecule has 0 spiro atoms. The van der Waals surface area contributed by atoms with Gasteiger partial charge in [-0.25, -0.2) is 0 Å². The van der Waals surface area contributed by atoms with E-state index in [1.54, 1.807) is 24.6 Å². The average molecular weight is 388 g/mol. The van der Waals surface area contributed by atoms with Crippen molar-refractivity contribution in [2.45, 2.75) is 46.2 Å². The highest BCUT2D eigenvalue weighted by atomic mass is 32.1. The Morgan fingerprint density at radius 1 is 1.33 bits per heavy atom. The van der Waals surface area contributed by atoms with Gasteiger partial charge in [-0.2, -0.15) is 0 Å². The smallest absolute Gasteiger partial charge is 0.223 e. The minimum absolute atomic E-state index is 0.0355. The summed E-state index contributed by atoms with van der Waals surface area (Å²) in [5, 5.41) is 4.93. The molecule has 0 saturated carbocycles. The molecule has 1 aliphatic heterocycles. The van der Waals surface area contributed by atoms with Crippen molar-refractivity contribution in [3.8, 4) is 5.75 Å². The molecule has 0 bridgehead atoms. The molecule has 0 saturated heterocycles. The topological polar surface area (TPSA) is 71.5 Å². The number of rotatable bonds is 6. The van der Waals surface area contributed by atoms with Gasteiger partial charge in [0, 0.05) is 48.1 Å². The van der Waals surface area contributed by atoms with Gasteiger partial charge in [0.1, 0.15) is 5.75 Å². The summed E-state index contributed by atoms with van der Waals surface area (Å²) in [6.07, 6.45) is 3.07. The van der Waals surface area contributed by atoms with Crippen molar-refractivity contribution in [1.82, 2.24) is 15.2 Å². The fourth-order valence-electron chi connectivity index (χ4n) is 3.36. The summed E-state index contributed by atoms with van der Waals surface area (Å²) in [5.41, 5.74) is 3.90. The first-order valence-electron chi connectivity index (χ1n) is 9.08. The molecule has 3 heterocycles. The number of nitrogens with zero attached hydrogens (tertiary/aromatic N) is 2. The normalized spacial score (nSPS) is 13.2. The van der Waals surface area contributed by atoms with E-state index < -0.39 is 0 Å². The van der Waals surface area contributed by atoms with Crippen LogP contribution in [-0.4, -0.2) is 35.4 Å². The molecule has 0 aliphatic carbocycles. The van der Waals surface area contributed by atoms with E-state index in [1.807, 2.05) is 18.7 Å². The van der Waals surface area contributed by atoms with Gasteiger partial charge in [0.25, 0.3) is 0 Å². The van der Waals surface area contributed by atoms with Gasteiger partial charge in [0.15, 0.2) is 0 Å². The summed E-state index contributed by atoms with van der Waals surface area (Å²) >= 11 is 1.75. The number of fused-ring (bicyclic) bond motifs is 1. The van der Waals surface area contributed by atoms with Gasteiger partial charge in [0.2, 0.25) is 11.8 Å². The molecule has 1 aliphatic rings. The van der Waals surface area contributed by atoms with Crippen LogP contribution in [0, 0.1) is 13.8 Å². The number of ether oxygens (including phenoxy) is 1. The van der Waals surface area contributed by atoms with Crippen molar-refractivity contribution < 1.29 is 14.3 Å². The van der Waals surface area contributed by atoms with Crippen LogP contribution in [0.4, 0.5) is 0 Å². The highest BCUT2D eigenvalue weighted by Crippen LogP contribution is 2.25. The zero-order valence-corrected chi connectivity index (χ0v) is 16.8. The Labute approximate surface area is 163 Å². The van der Waals surface area contributed by atoms with Gasteiger partial charge in [-0.15, -0.1) is 11.3 Å². The number of amides is 2. The number of hydrogen-bond donors (Lipinski definition) is 1. The predicted octanol–water partition coefficient (Wildman–Crippen LogP) is 2.75. The third-order valence-electron chi connectivity index (χ3n) is 4.93. The molecular formula is C20H25N3O3S. The number of aryl methyl sites for hydroxylation is 1. The van der Waals surface area contributed by atoms with Crippen LogP contribution in [0.5, 0.6) is 5.75 Å². The van der Waals surface area contributed by atoms with Crippen LogP contribution >= 0.6 is 11.3 Å². The lowest BCUT2D eigenvalue weighted by Crippen LogP contribution is -2.36. The number of pyridine rings is 1. The van der Waals surface area contributed by atoms with Crippen molar-refractivity contribution in [3.63, 3.8) is 0 Å². The van der Waals surface area contributed by atoms with Crippen LogP contribution < -0.4 is 10.1 Å². The summed E-state index contributed by atoms with van der Waals surface area (Å²) < 4.78 is 5.39. The first-order chi connectivity index (χ1) is 13.0. The maximum absolute atomic E-state index is 12.4. The zero-order chi connectivity index (χ0) is 19.4. The van der Waals surface area contributed by atoms with Crippen LogP contribution in [0.25, 0.3) is 0 Å². The quantitative estimate of drug-likeness (QED) is 0.827. The molecule has 6 nitrogen and oxygen atoms in total. The Bertz CT molecular complexity index is 847. The van der Waals surface area contributed by atoms with Crippen LogP contribution in [0.1, 0.15) is 40.1 Å². The molecule has 0 radical (unpaired) electrons. The van der Waals surface area contributed by atoms with Crippen LogP contribution in [0.15, 0.2) is 17.6 Å². The molecule has 3 rings (SSSR count). The maximum Gasteiger partial charge on any atom is 0.223 e. The third kappa shape index (κ3) is 4.47. The second-order valence-electron chi connectivity index (χ2n) is 6.76. The summed E-state index contributed by atoms with van der Waals surface area (Å²) in [5.74, 6) is 0.688. The van der Waals surface area contributed by atoms with Gasteiger partial charge in [-0.3, -0.25) is 14.6 Å².